The topological polar surface area (TPSA) is 27.7 Å². The number of halogens is 2. The molecule has 3 rings (SSSR count). The average Bonchev–Trinajstić information content (AvgIpc) is 2.78. The van der Waals surface area contributed by atoms with Gasteiger partial charge in [-0.2, -0.15) is 20.5 Å². The number of hydrogen-bond acceptors (Lipinski definition) is 4. The van der Waals surface area contributed by atoms with Crippen LogP contribution in [0.4, 0.5) is 8.78 Å². The van der Waals surface area contributed by atoms with Gasteiger partial charge in [0.05, 0.1) is 0 Å². The Bertz CT molecular complexity index is 501. The molecule has 6 heteroatoms. The summed E-state index contributed by atoms with van der Waals surface area (Å²) in [6.45, 7) is -0.873. The molecule has 3 nitrogen and oxygen atoms in total. The lowest BCUT2D eigenvalue weighted by molar-refractivity contribution is -0.0895. The second-order valence-electron chi connectivity index (χ2n) is 4.84. The SMILES string of the molecule is CCc1ccc(OC(F)F)c2c1OC1(CCSCC1)O2. The molecule has 1 spiro atoms. The van der Waals surface area contributed by atoms with E-state index in [0.29, 0.717) is 11.5 Å². The minimum Gasteiger partial charge on any atom is -0.448 e. The van der Waals surface area contributed by atoms with Crippen molar-refractivity contribution in [3.8, 4) is 17.2 Å². The maximum atomic E-state index is 12.5. The first-order valence-corrected chi connectivity index (χ1v) is 7.85. The van der Waals surface area contributed by atoms with Crippen molar-refractivity contribution in [3.63, 3.8) is 0 Å². The van der Waals surface area contributed by atoms with Crippen LogP contribution in [-0.2, 0) is 6.42 Å². The fraction of sp³-hybridized carbons (Fsp3) is 0.571. The molecule has 2 aliphatic rings. The maximum Gasteiger partial charge on any atom is 0.387 e. The van der Waals surface area contributed by atoms with Crippen molar-refractivity contribution in [2.24, 2.45) is 0 Å². The summed E-state index contributed by atoms with van der Waals surface area (Å²) in [5.41, 5.74) is 0.955. The third-order valence-electron chi connectivity index (χ3n) is 3.59. The predicted octanol–water partition coefficient (Wildman–Crippen LogP) is 3.84. The molecule has 0 aliphatic carbocycles. The zero-order valence-electron chi connectivity index (χ0n) is 11.2. The zero-order chi connectivity index (χ0) is 14.2. The van der Waals surface area contributed by atoms with E-state index in [9.17, 15) is 8.78 Å². The number of benzene rings is 1. The summed E-state index contributed by atoms with van der Waals surface area (Å²) in [4.78, 5) is 0. The van der Waals surface area contributed by atoms with E-state index >= 15 is 0 Å². The Balaban J connectivity index is 1.96. The summed E-state index contributed by atoms with van der Waals surface area (Å²) in [5, 5.41) is 0. The van der Waals surface area contributed by atoms with Gasteiger partial charge in [-0.05, 0) is 18.1 Å². The molecular weight excluding hydrogens is 286 g/mol. The summed E-state index contributed by atoms with van der Waals surface area (Å²) in [7, 11) is 0. The molecule has 0 bridgehead atoms. The molecule has 0 N–H and O–H groups in total. The lowest BCUT2D eigenvalue weighted by atomic mass is 10.1. The lowest BCUT2D eigenvalue weighted by Gasteiger charge is -2.31. The van der Waals surface area contributed by atoms with Crippen LogP contribution in [0.3, 0.4) is 0 Å². The Hall–Kier alpha value is -1.17. The number of rotatable bonds is 3. The first-order chi connectivity index (χ1) is 9.63. The second-order valence-corrected chi connectivity index (χ2v) is 6.07. The average molecular weight is 302 g/mol. The van der Waals surface area contributed by atoms with E-state index < -0.39 is 12.4 Å². The van der Waals surface area contributed by atoms with Crippen LogP contribution in [0.1, 0.15) is 25.3 Å². The van der Waals surface area contributed by atoms with Crippen molar-refractivity contribution in [1.82, 2.24) is 0 Å². The summed E-state index contributed by atoms with van der Waals surface area (Å²) < 4.78 is 41.4. The third-order valence-corrected chi connectivity index (χ3v) is 4.57. The summed E-state index contributed by atoms with van der Waals surface area (Å²) >= 11 is 1.85. The molecule has 0 radical (unpaired) electrons. The highest BCUT2D eigenvalue weighted by Gasteiger charge is 2.45. The summed E-state index contributed by atoms with van der Waals surface area (Å²) in [6.07, 6.45) is 2.26. The number of fused-ring (bicyclic) bond motifs is 1. The molecule has 110 valence electrons. The highest BCUT2D eigenvalue weighted by Crippen LogP contribution is 2.51. The number of aryl methyl sites for hydroxylation is 1. The van der Waals surface area contributed by atoms with Gasteiger partial charge in [0.15, 0.2) is 11.5 Å². The van der Waals surface area contributed by atoms with Gasteiger partial charge in [-0.15, -0.1) is 0 Å². The quantitative estimate of drug-likeness (QED) is 0.848. The first-order valence-electron chi connectivity index (χ1n) is 6.70. The molecule has 1 aromatic rings. The fourth-order valence-electron chi connectivity index (χ4n) is 2.54. The smallest absolute Gasteiger partial charge is 0.387 e. The van der Waals surface area contributed by atoms with Crippen LogP contribution in [0.15, 0.2) is 12.1 Å². The van der Waals surface area contributed by atoms with Gasteiger partial charge in [-0.1, -0.05) is 13.0 Å². The number of thioether (sulfide) groups is 1. The Morgan fingerprint density at radius 3 is 2.60 bits per heavy atom. The second kappa shape index (κ2) is 5.31. The van der Waals surface area contributed by atoms with Crippen LogP contribution >= 0.6 is 11.8 Å². The van der Waals surface area contributed by atoms with Crippen molar-refractivity contribution in [3.05, 3.63) is 17.7 Å². The van der Waals surface area contributed by atoms with Gasteiger partial charge < -0.3 is 14.2 Å². The molecule has 0 saturated carbocycles. The van der Waals surface area contributed by atoms with E-state index in [2.05, 4.69) is 4.74 Å². The molecule has 2 heterocycles. The Morgan fingerprint density at radius 2 is 1.95 bits per heavy atom. The minimum absolute atomic E-state index is 0.0577. The molecule has 0 aromatic heterocycles. The van der Waals surface area contributed by atoms with Gasteiger partial charge in [0.25, 0.3) is 5.79 Å². The summed E-state index contributed by atoms with van der Waals surface area (Å²) in [6, 6.07) is 3.29. The van der Waals surface area contributed by atoms with Crippen LogP contribution in [0.2, 0.25) is 0 Å². The minimum atomic E-state index is -2.87. The van der Waals surface area contributed by atoms with Gasteiger partial charge in [-0.3, -0.25) is 0 Å². The van der Waals surface area contributed by atoms with E-state index in [0.717, 1.165) is 36.3 Å². The van der Waals surface area contributed by atoms with Gasteiger partial charge in [-0.25, -0.2) is 0 Å². The van der Waals surface area contributed by atoms with Crippen molar-refractivity contribution in [1.29, 1.82) is 0 Å². The third kappa shape index (κ3) is 2.41. The number of ether oxygens (including phenoxy) is 3. The molecule has 1 aromatic carbocycles. The lowest BCUT2D eigenvalue weighted by Crippen LogP contribution is -2.42. The predicted molar refractivity (Wildman–Crippen MR) is 73.0 cm³/mol. The molecule has 20 heavy (non-hydrogen) atoms. The molecular formula is C14H16F2O3S. The maximum absolute atomic E-state index is 12.5. The van der Waals surface area contributed by atoms with Crippen LogP contribution in [0.25, 0.3) is 0 Å². The van der Waals surface area contributed by atoms with E-state index in [4.69, 9.17) is 9.47 Å². The molecule has 1 saturated heterocycles. The van der Waals surface area contributed by atoms with E-state index in [1.165, 1.54) is 6.07 Å². The summed E-state index contributed by atoms with van der Waals surface area (Å²) in [5.74, 6) is 2.15. The molecule has 1 fully saturated rings. The fourth-order valence-corrected chi connectivity index (χ4v) is 3.66. The van der Waals surface area contributed by atoms with E-state index in [1.54, 1.807) is 6.07 Å². The largest absolute Gasteiger partial charge is 0.448 e. The van der Waals surface area contributed by atoms with Crippen LogP contribution in [0.5, 0.6) is 17.2 Å². The number of hydrogen-bond donors (Lipinski definition) is 0. The molecule has 2 aliphatic heterocycles. The van der Waals surface area contributed by atoms with Gasteiger partial charge >= 0.3 is 6.61 Å². The van der Waals surface area contributed by atoms with Crippen LogP contribution in [-0.4, -0.2) is 23.9 Å². The van der Waals surface area contributed by atoms with Crippen molar-refractivity contribution in [2.45, 2.75) is 38.6 Å². The van der Waals surface area contributed by atoms with E-state index in [-0.39, 0.29) is 5.75 Å². The van der Waals surface area contributed by atoms with E-state index in [1.807, 2.05) is 18.7 Å². The van der Waals surface area contributed by atoms with Gasteiger partial charge in [0.1, 0.15) is 0 Å². The highest BCUT2D eigenvalue weighted by atomic mass is 32.2. The molecule has 0 unspecified atom stereocenters. The van der Waals surface area contributed by atoms with Crippen molar-refractivity contribution < 1.29 is 23.0 Å². The Morgan fingerprint density at radius 1 is 1.25 bits per heavy atom. The zero-order valence-corrected chi connectivity index (χ0v) is 12.0. The highest BCUT2D eigenvalue weighted by molar-refractivity contribution is 7.99. The Kier molecular flexibility index (Phi) is 3.67. The first kappa shape index (κ1) is 13.8. The van der Waals surface area contributed by atoms with Crippen LogP contribution < -0.4 is 14.2 Å². The number of alkyl halides is 2. The van der Waals surface area contributed by atoms with Gasteiger partial charge in [0.2, 0.25) is 5.75 Å². The van der Waals surface area contributed by atoms with Crippen molar-refractivity contribution >= 4 is 11.8 Å². The van der Waals surface area contributed by atoms with Crippen LogP contribution in [0, 0.1) is 0 Å². The van der Waals surface area contributed by atoms with Gasteiger partial charge in [0, 0.05) is 24.3 Å². The van der Waals surface area contributed by atoms with Crippen molar-refractivity contribution in [2.75, 3.05) is 11.5 Å². The normalized spacial score (nSPS) is 19.6. The standard InChI is InChI=1S/C14H16F2O3S/c1-2-9-3-4-10(17-13(15)16)12-11(9)18-14(19-12)5-7-20-8-6-14/h3-4,13H,2,5-8H2,1H3. The molecule has 0 amide bonds. The molecule has 0 atom stereocenters. The Labute approximate surface area is 120 Å². The monoisotopic (exact) mass is 302 g/mol.